The number of hydrogen-bond acceptors (Lipinski definition) is 4. The van der Waals surface area contributed by atoms with Crippen LogP contribution < -0.4 is 10.5 Å². The molecule has 0 aromatic carbocycles. The largest absolute Gasteiger partial charge is 0.480 e. The SMILES string of the molecule is CCSc1ccc(N)c(OC)n1. The number of hydrogen-bond donors (Lipinski definition) is 1. The van der Waals surface area contributed by atoms with E-state index in [2.05, 4.69) is 11.9 Å². The molecule has 0 amide bonds. The zero-order valence-corrected chi connectivity index (χ0v) is 8.02. The van der Waals surface area contributed by atoms with E-state index in [1.807, 2.05) is 12.1 Å². The highest BCUT2D eigenvalue weighted by Gasteiger charge is 2.01. The van der Waals surface area contributed by atoms with Gasteiger partial charge in [0.05, 0.1) is 12.8 Å². The Bertz CT molecular complexity index is 265. The van der Waals surface area contributed by atoms with E-state index in [0.717, 1.165) is 10.8 Å². The molecule has 0 spiro atoms. The molecule has 0 saturated heterocycles. The van der Waals surface area contributed by atoms with E-state index in [1.165, 1.54) is 0 Å². The van der Waals surface area contributed by atoms with Gasteiger partial charge in [0.15, 0.2) is 0 Å². The number of methoxy groups -OCH3 is 1. The van der Waals surface area contributed by atoms with Crippen LogP contribution >= 0.6 is 11.8 Å². The minimum Gasteiger partial charge on any atom is -0.480 e. The van der Waals surface area contributed by atoms with Crippen molar-refractivity contribution in [2.24, 2.45) is 0 Å². The summed E-state index contributed by atoms with van der Waals surface area (Å²) in [7, 11) is 1.57. The number of thioether (sulfide) groups is 1. The number of rotatable bonds is 3. The molecule has 0 saturated carbocycles. The lowest BCUT2D eigenvalue weighted by Crippen LogP contribution is -1.95. The van der Waals surface area contributed by atoms with Crippen LogP contribution in [-0.2, 0) is 0 Å². The fourth-order valence-electron chi connectivity index (χ4n) is 0.826. The number of nitrogen functional groups attached to an aromatic ring is 1. The smallest absolute Gasteiger partial charge is 0.237 e. The van der Waals surface area contributed by atoms with Crippen LogP contribution in [0.25, 0.3) is 0 Å². The van der Waals surface area contributed by atoms with Crippen molar-refractivity contribution >= 4 is 17.4 Å². The van der Waals surface area contributed by atoms with Gasteiger partial charge in [-0.15, -0.1) is 11.8 Å². The minimum absolute atomic E-state index is 0.508. The summed E-state index contributed by atoms with van der Waals surface area (Å²) in [6.45, 7) is 2.08. The van der Waals surface area contributed by atoms with E-state index < -0.39 is 0 Å². The second kappa shape index (κ2) is 4.21. The monoisotopic (exact) mass is 184 g/mol. The number of nitrogens with two attached hydrogens (primary N) is 1. The minimum atomic E-state index is 0.508. The molecule has 2 N–H and O–H groups in total. The molecule has 0 bridgehead atoms. The maximum Gasteiger partial charge on any atom is 0.237 e. The van der Waals surface area contributed by atoms with Crippen LogP contribution in [0.5, 0.6) is 5.88 Å². The zero-order valence-electron chi connectivity index (χ0n) is 7.20. The average molecular weight is 184 g/mol. The molecule has 0 fully saturated rings. The molecular formula is C8H12N2OS. The van der Waals surface area contributed by atoms with E-state index in [1.54, 1.807) is 18.9 Å². The maximum atomic E-state index is 5.60. The van der Waals surface area contributed by atoms with Crippen LogP contribution in [0, 0.1) is 0 Å². The van der Waals surface area contributed by atoms with Crippen LogP contribution in [0.4, 0.5) is 5.69 Å². The third-order valence-electron chi connectivity index (χ3n) is 1.35. The fourth-order valence-corrected chi connectivity index (χ4v) is 1.43. The lowest BCUT2D eigenvalue weighted by atomic mass is 10.4. The van der Waals surface area contributed by atoms with Gasteiger partial charge in [-0.05, 0) is 17.9 Å². The van der Waals surface area contributed by atoms with Gasteiger partial charge in [-0.1, -0.05) is 6.92 Å². The predicted molar refractivity (Wildman–Crippen MR) is 51.6 cm³/mol. The molecule has 0 aliphatic rings. The van der Waals surface area contributed by atoms with Gasteiger partial charge in [0.2, 0.25) is 5.88 Å². The number of anilines is 1. The average Bonchev–Trinajstić information content (AvgIpc) is 2.09. The van der Waals surface area contributed by atoms with E-state index in [9.17, 15) is 0 Å². The van der Waals surface area contributed by atoms with E-state index in [-0.39, 0.29) is 0 Å². The lowest BCUT2D eigenvalue weighted by molar-refractivity contribution is 0.397. The van der Waals surface area contributed by atoms with Gasteiger partial charge in [-0.25, -0.2) is 4.98 Å². The lowest BCUT2D eigenvalue weighted by Gasteiger charge is -2.04. The highest BCUT2D eigenvalue weighted by atomic mass is 32.2. The summed E-state index contributed by atoms with van der Waals surface area (Å²) in [6.07, 6.45) is 0. The summed E-state index contributed by atoms with van der Waals surface area (Å²) in [5.74, 6) is 1.51. The first-order valence-electron chi connectivity index (χ1n) is 3.71. The third-order valence-corrected chi connectivity index (χ3v) is 2.16. The van der Waals surface area contributed by atoms with Gasteiger partial charge in [0.25, 0.3) is 0 Å². The Morgan fingerprint density at radius 2 is 2.33 bits per heavy atom. The molecule has 1 aromatic rings. The first-order valence-corrected chi connectivity index (χ1v) is 4.69. The van der Waals surface area contributed by atoms with Crippen molar-refractivity contribution < 1.29 is 4.74 Å². The summed E-state index contributed by atoms with van der Waals surface area (Å²) < 4.78 is 4.98. The summed E-state index contributed by atoms with van der Waals surface area (Å²) in [5, 5.41) is 0.948. The van der Waals surface area contributed by atoms with Gasteiger partial charge in [0, 0.05) is 0 Å². The summed E-state index contributed by atoms with van der Waals surface area (Å²) in [4.78, 5) is 4.20. The Morgan fingerprint density at radius 1 is 1.58 bits per heavy atom. The third kappa shape index (κ3) is 2.04. The molecular weight excluding hydrogens is 172 g/mol. The van der Waals surface area contributed by atoms with Crippen LogP contribution in [-0.4, -0.2) is 17.8 Å². The van der Waals surface area contributed by atoms with Crippen molar-refractivity contribution in [1.82, 2.24) is 4.98 Å². The van der Waals surface area contributed by atoms with Gasteiger partial charge in [0.1, 0.15) is 5.03 Å². The first kappa shape index (κ1) is 9.19. The van der Waals surface area contributed by atoms with Crippen molar-refractivity contribution in [3.05, 3.63) is 12.1 Å². The van der Waals surface area contributed by atoms with Crippen molar-refractivity contribution in [1.29, 1.82) is 0 Å². The molecule has 0 unspecified atom stereocenters. The molecule has 1 aromatic heterocycles. The standard InChI is InChI=1S/C8H12N2OS/c1-3-12-7-5-4-6(9)8(10-7)11-2/h4-5H,3,9H2,1-2H3. The Morgan fingerprint density at radius 3 is 2.92 bits per heavy atom. The number of aromatic nitrogens is 1. The van der Waals surface area contributed by atoms with Crippen molar-refractivity contribution in [3.8, 4) is 5.88 Å². The van der Waals surface area contributed by atoms with Crippen LogP contribution in [0.1, 0.15) is 6.92 Å². The molecule has 12 heavy (non-hydrogen) atoms. The molecule has 3 nitrogen and oxygen atoms in total. The first-order chi connectivity index (χ1) is 5.77. The van der Waals surface area contributed by atoms with Gasteiger partial charge >= 0.3 is 0 Å². The second-order valence-electron chi connectivity index (χ2n) is 2.18. The number of pyridine rings is 1. The molecule has 0 radical (unpaired) electrons. The number of nitrogens with zero attached hydrogens (tertiary/aromatic N) is 1. The van der Waals surface area contributed by atoms with E-state index in [0.29, 0.717) is 11.6 Å². The van der Waals surface area contributed by atoms with Crippen LogP contribution in [0.15, 0.2) is 17.2 Å². The van der Waals surface area contributed by atoms with Crippen molar-refractivity contribution in [2.75, 3.05) is 18.6 Å². The topological polar surface area (TPSA) is 48.1 Å². The van der Waals surface area contributed by atoms with Crippen molar-refractivity contribution in [3.63, 3.8) is 0 Å². The van der Waals surface area contributed by atoms with Crippen LogP contribution in [0.2, 0.25) is 0 Å². The Balaban J connectivity index is 2.89. The molecule has 1 rings (SSSR count). The zero-order chi connectivity index (χ0) is 8.97. The van der Waals surface area contributed by atoms with Crippen LogP contribution in [0.3, 0.4) is 0 Å². The highest BCUT2D eigenvalue weighted by molar-refractivity contribution is 7.99. The molecule has 66 valence electrons. The van der Waals surface area contributed by atoms with Gasteiger partial charge < -0.3 is 10.5 Å². The van der Waals surface area contributed by atoms with Gasteiger partial charge in [-0.2, -0.15) is 0 Å². The number of ether oxygens (including phenoxy) is 1. The second-order valence-corrected chi connectivity index (χ2v) is 3.47. The molecule has 4 heteroatoms. The Kier molecular flexibility index (Phi) is 3.22. The summed E-state index contributed by atoms with van der Waals surface area (Å²) in [5.41, 5.74) is 6.18. The normalized spacial score (nSPS) is 9.83. The summed E-state index contributed by atoms with van der Waals surface area (Å²) in [6, 6.07) is 3.70. The van der Waals surface area contributed by atoms with Crippen molar-refractivity contribution in [2.45, 2.75) is 11.9 Å². The summed E-state index contributed by atoms with van der Waals surface area (Å²) >= 11 is 1.67. The molecule has 0 aliphatic heterocycles. The van der Waals surface area contributed by atoms with E-state index >= 15 is 0 Å². The van der Waals surface area contributed by atoms with E-state index in [4.69, 9.17) is 10.5 Å². The molecule has 0 atom stereocenters. The maximum absolute atomic E-state index is 5.60. The Hall–Kier alpha value is -0.900. The highest BCUT2D eigenvalue weighted by Crippen LogP contribution is 2.23. The quantitative estimate of drug-likeness (QED) is 0.727. The Labute approximate surface area is 76.3 Å². The van der Waals surface area contributed by atoms with Gasteiger partial charge in [-0.3, -0.25) is 0 Å². The predicted octanol–water partition coefficient (Wildman–Crippen LogP) is 1.78. The fraction of sp³-hybridized carbons (Fsp3) is 0.375. The molecule has 1 heterocycles. The molecule has 0 aliphatic carbocycles.